The van der Waals surface area contributed by atoms with Gasteiger partial charge in [-0.15, -0.1) is 5.10 Å². The number of aliphatic hydroxyl groups is 2. The number of nitrogens with zero attached hydrogens (tertiary/aromatic N) is 5. The van der Waals surface area contributed by atoms with Gasteiger partial charge in [0.05, 0.1) is 40.7 Å². The van der Waals surface area contributed by atoms with Crippen LogP contribution in [0.3, 0.4) is 0 Å². The topological polar surface area (TPSA) is 161 Å². The molecule has 1 amide bonds. The molecule has 3 aromatic heterocycles. The highest BCUT2D eigenvalue weighted by atomic mass is 19.1. The van der Waals surface area contributed by atoms with E-state index in [9.17, 15) is 24.6 Å². The maximum atomic E-state index is 15.2. The molecular weight excluding hydrogens is 583 g/mol. The number of aliphatic hydroxyl groups excluding tert-OH is 1. The van der Waals surface area contributed by atoms with Crippen LogP contribution in [0.4, 0.5) is 4.39 Å². The lowest BCUT2D eigenvalue weighted by Crippen LogP contribution is -2.44. The van der Waals surface area contributed by atoms with Crippen molar-refractivity contribution in [3.63, 3.8) is 0 Å². The zero-order valence-corrected chi connectivity index (χ0v) is 25.2. The van der Waals surface area contributed by atoms with Crippen LogP contribution in [0.2, 0.25) is 0 Å². The summed E-state index contributed by atoms with van der Waals surface area (Å²) in [7, 11) is 0. The van der Waals surface area contributed by atoms with Gasteiger partial charge in [0.1, 0.15) is 18.1 Å². The van der Waals surface area contributed by atoms with Gasteiger partial charge in [0.15, 0.2) is 5.60 Å². The standard InChI is InChI=1S/C32H33FN6O6/c1-4-9-39-28(22(8-10-40)36-37-39)29(41)35-21-7-6-16-15(3)20(33)12-23-25(16)26(21)17-13-38-24(27(17)34-23)11-19-18(30(38)42)14-45-31(43)32(19,44)5-2/h11-12,21,40,44H,4-10,13-14H2,1-3H3,(H,35,41)/t21-,32-/m0/s1. The van der Waals surface area contributed by atoms with Crippen molar-refractivity contribution >= 4 is 22.8 Å². The fourth-order valence-electron chi connectivity index (χ4n) is 7.17. The van der Waals surface area contributed by atoms with Crippen LogP contribution in [0.15, 0.2) is 16.9 Å². The Morgan fingerprint density at radius 3 is 2.76 bits per heavy atom. The highest BCUT2D eigenvalue weighted by Crippen LogP contribution is 2.46. The molecule has 4 aromatic rings. The number of carbonyl (C=O) groups is 2. The van der Waals surface area contributed by atoms with E-state index in [-0.39, 0.29) is 49.4 Å². The van der Waals surface area contributed by atoms with Crippen LogP contribution >= 0.6 is 0 Å². The maximum Gasteiger partial charge on any atom is 0.343 e. The number of hydrogen-bond acceptors (Lipinski definition) is 9. The zero-order chi connectivity index (χ0) is 31.8. The van der Waals surface area contributed by atoms with Crippen molar-refractivity contribution in [3.05, 3.63) is 73.1 Å². The fourth-order valence-corrected chi connectivity index (χ4v) is 7.17. The quantitative estimate of drug-likeness (QED) is 0.233. The minimum atomic E-state index is -1.98. The van der Waals surface area contributed by atoms with Crippen LogP contribution in [-0.2, 0) is 47.7 Å². The highest BCUT2D eigenvalue weighted by molar-refractivity contribution is 5.96. The van der Waals surface area contributed by atoms with Crippen molar-refractivity contribution in [2.24, 2.45) is 0 Å². The summed E-state index contributed by atoms with van der Waals surface area (Å²) in [5.41, 5.74) is 2.70. The van der Waals surface area contributed by atoms with Gasteiger partial charge in [-0.2, -0.15) is 0 Å². The summed E-state index contributed by atoms with van der Waals surface area (Å²) in [4.78, 5) is 45.2. The lowest BCUT2D eigenvalue weighted by molar-refractivity contribution is -0.172. The number of ether oxygens (including phenoxy) is 1. The Labute approximate surface area is 256 Å². The average molecular weight is 617 g/mol. The maximum absolute atomic E-state index is 15.2. The van der Waals surface area contributed by atoms with Crippen LogP contribution in [0, 0.1) is 12.7 Å². The highest BCUT2D eigenvalue weighted by Gasteiger charge is 2.46. The van der Waals surface area contributed by atoms with Gasteiger partial charge >= 0.3 is 5.97 Å². The van der Waals surface area contributed by atoms with Crippen molar-refractivity contribution in [2.75, 3.05) is 6.61 Å². The smallest absolute Gasteiger partial charge is 0.343 e. The Morgan fingerprint density at radius 2 is 2.02 bits per heavy atom. The number of benzene rings is 1. The molecule has 0 bridgehead atoms. The monoisotopic (exact) mass is 616 g/mol. The Hall–Kier alpha value is -4.49. The van der Waals surface area contributed by atoms with E-state index < -0.39 is 34.9 Å². The van der Waals surface area contributed by atoms with Crippen molar-refractivity contribution in [3.8, 4) is 11.4 Å². The van der Waals surface area contributed by atoms with Crippen LogP contribution in [-0.4, -0.2) is 53.2 Å². The molecule has 1 aliphatic carbocycles. The van der Waals surface area contributed by atoms with Gasteiger partial charge in [0.2, 0.25) is 0 Å². The van der Waals surface area contributed by atoms with E-state index in [2.05, 4.69) is 15.6 Å². The van der Waals surface area contributed by atoms with Gasteiger partial charge in [-0.3, -0.25) is 9.59 Å². The SMILES string of the molecule is CCCn1nnc(CCO)c1C(=O)N[C@H]1CCc2c(C)c(F)cc3nc4c(c1c23)Cn1c-4cc2c(c1=O)COC(=O)[C@]2(O)CC. The molecule has 13 heteroatoms. The molecule has 1 aromatic carbocycles. The third-order valence-corrected chi connectivity index (χ3v) is 9.49. The first kappa shape index (κ1) is 29.2. The molecule has 5 heterocycles. The predicted octanol–water partition coefficient (Wildman–Crippen LogP) is 2.48. The van der Waals surface area contributed by atoms with Gasteiger partial charge in [-0.25, -0.2) is 18.9 Å². The summed E-state index contributed by atoms with van der Waals surface area (Å²) in [5.74, 6) is -1.61. The molecule has 7 rings (SSSR count). The molecule has 3 aliphatic rings. The number of hydrogen-bond donors (Lipinski definition) is 3. The van der Waals surface area contributed by atoms with E-state index in [4.69, 9.17) is 9.72 Å². The number of carbonyl (C=O) groups excluding carboxylic acids is 2. The molecule has 234 valence electrons. The number of pyridine rings is 2. The fraction of sp³-hybridized carbons (Fsp3) is 0.438. The van der Waals surface area contributed by atoms with Crippen LogP contribution < -0.4 is 10.9 Å². The molecule has 0 fully saturated rings. The third kappa shape index (κ3) is 4.17. The number of nitrogens with one attached hydrogen (secondary N) is 1. The summed E-state index contributed by atoms with van der Waals surface area (Å²) in [6, 6.07) is 2.48. The molecule has 2 atom stereocenters. The molecule has 0 spiro atoms. The van der Waals surface area contributed by atoms with Crippen molar-refractivity contribution in [2.45, 2.75) is 84.2 Å². The van der Waals surface area contributed by atoms with E-state index in [0.717, 1.165) is 22.9 Å². The van der Waals surface area contributed by atoms with Gasteiger partial charge in [0, 0.05) is 42.2 Å². The summed E-state index contributed by atoms with van der Waals surface area (Å²) < 4.78 is 23.5. The van der Waals surface area contributed by atoms with Gasteiger partial charge in [-0.1, -0.05) is 19.1 Å². The number of halogens is 1. The Kier molecular flexibility index (Phi) is 6.86. The summed E-state index contributed by atoms with van der Waals surface area (Å²) in [6.45, 7) is 5.50. The average Bonchev–Trinajstić information content (AvgIpc) is 3.60. The number of fused-ring (bicyclic) bond motifs is 5. The molecule has 0 saturated heterocycles. The second-order valence-corrected chi connectivity index (χ2v) is 12.0. The lowest BCUT2D eigenvalue weighted by Gasteiger charge is -2.31. The number of cyclic esters (lactones) is 1. The molecular formula is C32H33FN6O6. The van der Waals surface area contributed by atoms with E-state index >= 15 is 4.39 Å². The summed E-state index contributed by atoms with van der Waals surface area (Å²) in [5, 5.41) is 33.1. The first-order chi connectivity index (χ1) is 21.6. The third-order valence-electron chi connectivity index (χ3n) is 9.49. The number of rotatable bonds is 7. The molecule has 2 aliphatic heterocycles. The number of aromatic nitrogens is 5. The van der Waals surface area contributed by atoms with Crippen LogP contribution in [0.5, 0.6) is 0 Å². The lowest BCUT2D eigenvalue weighted by atomic mass is 9.81. The molecule has 3 N–H and O–H groups in total. The van der Waals surface area contributed by atoms with E-state index in [1.165, 1.54) is 10.6 Å². The minimum Gasteiger partial charge on any atom is -0.458 e. The van der Waals surface area contributed by atoms with Crippen molar-refractivity contribution in [1.82, 2.24) is 29.9 Å². The zero-order valence-electron chi connectivity index (χ0n) is 25.2. The van der Waals surface area contributed by atoms with Gasteiger partial charge in [-0.05, 0) is 55.4 Å². The normalized spacial score (nSPS) is 19.7. The van der Waals surface area contributed by atoms with Crippen LogP contribution in [0.25, 0.3) is 22.3 Å². The van der Waals surface area contributed by atoms with Crippen molar-refractivity contribution < 1.29 is 28.9 Å². The Bertz CT molecular complexity index is 1980. The summed E-state index contributed by atoms with van der Waals surface area (Å²) in [6.07, 6.45) is 1.88. The molecule has 0 unspecified atom stereocenters. The molecule has 0 saturated carbocycles. The Balaban J connectivity index is 1.42. The van der Waals surface area contributed by atoms with Crippen LogP contribution in [0.1, 0.15) is 88.7 Å². The predicted molar refractivity (Wildman–Crippen MR) is 159 cm³/mol. The second-order valence-electron chi connectivity index (χ2n) is 12.0. The molecule has 0 radical (unpaired) electrons. The Morgan fingerprint density at radius 1 is 1.22 bits per heavy atom. The van der Waals surface area contributed by atoms with Gasteiger partial charge < -0.3 is 24.8 Å². The molecule has 45 heavy (non-hydrogen) atoms. The first-order valence-electron chi connectivity index (χ1n) is 15.3. The summed E-state index contributed by atoms with van der Waals surface area (Å²) >= 11 is 0. The van der Waals surface area contributed by atoms with E-state index in [1.807, 2.05) is 6.92 Å². The molecule has 12 nitrogen and oxygen atoms in total. The van der Waals surface area contributed by atoms with E-state index in [0.29, 0.717) is 53.1 Å². The van der Waals surface area contributed by atoms with Crippen molar-refractivity contribution in [1.29, 1.82) is 0 Å². The van der Waals surface area contributed by atoms with Gasteiger partial charge in [0.25, 0.3) is 11.5 Å². The minimum absolute atomic E-state index is 0.00861. The first-order valence-corrected chi connectivity index (χ1v) is 15.3. The second kappa shape index (κ2) is 10.6. The number of amides is 1. The van der Waals surface area contributed by atoms with E-state index in [1.54, 1.807) is 24.6 Å². The number of aryl methyl sites for hydroxylation is 2. The largest absolute Gasteiger partial charge is 0.458 e. The number of esters is 1.